The van der Waals surface area contributed by atoms with Crippen molar-refractivity contribution in [3.63, 3.8) is 0 Å². The second kappa shape index (κ2) is 10.1. The number of carbonyl (C=O) groups is 2. The maximum absolute atomic E-state index is 12.2. The zero-order valence-corrected chi connectivity index (χ0v) is 16.0. The molecule has 1 aromatic carbocycles. The Hall–Kier alpha value is -2.11. The van der Waals surface area contributed by atoms with Gasteiger partial charge in [0.1, 0.15) is 11.4 Å². The van der Waals surface area contributed by atoms with E-state index >= 15 is 0 Å². The van der Waals surface area contributed by atoms with Gasteiger partial charge in [0.05, 0.1) is 0 Å². The van der Waals surface area contributed by atoms with Gasteiger partial charge in [-0.25, -0.2) is 4.98 Å². The maximum Gasteiger partial charge on any atom is 0.269 e. The third kappa shape index (κ3) is 6.00. The quantitative estimate of drug-likeness (QED) is 0.668. The van der Waals surface area contributed by atoms with Crippen LogP contribution in [0.25, 0.3) is 0 Å². The molecule has 0 radical (unpaired) electrons. The second-order valence-corrected chi connectivity index (χ2v) is 6.60. The van der Waals surface area contributed by atoms with Gasteiger partial charge in [0, 0.05) is 23.1 Å². The summed E-state index contributed by atoms with van der Waals surface area (Å²) in [6.45, 7) is 3.04. The van der Waals surface area contributed by atoms with Crippen molar-refractivity contribution in [1.29, 1.82) is 0 Å². The van der Waals surface area contributed by atoms with Gasteiger partial charge < -0.3 is 10.6 Å². The molecule has 1 heterocycles. The number of rotatable bonds is 8. The molecule has 1 aromatic heterocycles. The molecule has 138 valence electrons. The van der Waals surface area contributed by atoms with E-state index in [2.05, 4.69) is 15.6 Å². The smallest absolute Gasteiger partial charge is 0.269 e. The minimum absolute atomic E-state index is 0.204. The molecule has 0 spiro atoms. The second-order valence-electron chi connectivity index (χ2n) is 5.76. The van der Waals surface area contributed by atoms with Crippen LogP contribution in [-0.4, -0.2) is 29.9 Å². The molecule has 0 aliphatic carbocycles. The van der Waals surface area contributed by atoms with Gasteiger partial charge in [-0.1, -0.05) is 48.7 Å². The van der Waals surface area contributed by atoms with Crippen molar-refractivity contribution in [2.24, 2.45) is 0 Å². The molecule has 0 saturated heterocycles. The molecule has 7 heteroatoms. The molecule has 2 N–H and O–H groups in total. The van der Waals surface area contributed by atoms with Gasteiger partial charge in [-0.2, -0.15) is 0 Å². The van der Waals surface area contributed by atoms with E-state index in [0.717, 1.165) is 18.4 Å². The number of pyridine rings is 1. The van der Waals surface area contributed by atoms with Gasteiger partial charge in [0.2, 0.25) is 0 Å². The fraction of sp³-hybridized carbons (Fsp3) is 0.316. The summed E-state index contributed by atoms with van der Waals surface area (Å²) in [5.41, 5.74) is 1.33. The Morgan fingerprint density at radius 2 is 1.65 bits per heavy atom. The Morgan fingerprint density at radius 3 is 2.27 bits per heavy atom. The molecule has 2 amide bonds. The molecular formula is C19H21Cl2N3O2. The highest BCUT2D eigenvalue weighted by molar-refractivity contribution is 6.35. The molecule has 2 rings (SSSR count). The lowest BCUT2D eigenvalue weighted by Gasteiger charge is -2.08. The topological polar surface area (TPSA) is 71.1 Å². The van der Waals surface area contributed by atoms with E-state index in [1.165, 1.54) is 0 Å². The third-order valence-corrected chi connectivity index (χ3v) is 4.31. The number of hydrogen-bond acceptors (Lipinski definition) is 3. The number of halogens is 2. The van der Waals surface area contributed by atoms with E-state index in [-0.39, 0.29) is 23.2 Å². The van der Waals surface area contributed by atoms with Crippen LogP contribution in [0.15, 0.2) is 36.4 Å². The van der Waals surface area contributed by atoms with Crippen molar-refractivity contribution < 1.29 is 9.59 Å². The summed E-state index contributed by atoms with van der Waals surface area (Å²) < 4.78 is 0. The summed E-state index contributed by atoms with van der Waals surface area (Å²) >= 11 is 12.0. The van der Waals surface area contributed by atoms with Gasteiger partial charge in [-0.05, 0) is 42.7 Å². The summed E-state index contributed by atoms with van der Waals surface area (Å²) in [6.07, 6.45) is 2.46. The van der Waals surface area contributed by atoms with Crippen LogP contribution >= 0.6 is 23.2 Å². The number of benzene rings is 1. The summed E-state index contributed by atoms with van der Waals surface area (Å²) in [4.78, 5) is 28.4. The van der Waals surface area contributed by atoms with Crippen molar-refractivity contribution in [2.75, 3.05) is 13.1 Å². The normalized spacial score (nSPS) is 10.4. The molecule has 0 fully saturated rings. The zero-order valence-electron chi connectivity index (χ0n) is 14.5. The molecule has 0 aliphatic heterocycles. The Morgan fingerprint density at radius 1 is 1.00 bits per heavy atom. The largest absolute Gasteiger partial charge is 0.351 e. The molecule has 0 bridgehead atoms. The standard InChI is InChI=1S/C19H21Cl2N3O2/c1-2-3-10-22-18(25)16-5-4-6-17(24-16)19(26)23-11-9-13-7-8-14(20)12-15(13)21/h4-8,12H,2-3,9-11H2,1H3,(H,22,25)(H,23,26). The first-order valence-corrected chi connectivity index (χ1v) is 9.24. The predicted molar refractivity (Wildman–Crippen MR) is 104 cm³/mol. The first-order valence-electron chi connectivity index (χ1n) is 8.48. The van der Waals surface area contributed by atoms with Crippen molar-refractivity contribution in [2.45, 2.75) is 26.2 Å². The summed E-state index contributed by atoms with van der Waals surface area (Å²) in [5.74, 6) is -0.612. The Labute approximate surface area is 163 Å². The number of nitrogens with one attached hydrogen (secondary N) is 2. The molecule has 0 saturated carbocycles. The lowest BCUT2D eigenvalue weighted by atomic mass is 10.1. The summed E-state index contributed by atoms with van der Waals surface area (Å²) in [7, 11) is 0. The van der Waals surface area contributed by atoms with E-state index < -0.39 is 0 Å². The highest BCUT2D eigenvalue weighted by Crippen LogP contribution is 2.21. The first kappa shape index (κ1) is 20.2. The Balaban J connectivity index is 1.90. The molecule has 2 aromatic rings. The minimum atomic E-state index is -0.335. The van der Waals surface area contributed by atoms with Crippen molar-refractivity contribution in [1.82, 2.24) is 15.6 Å². The Kier molecular flexibility index (Phi) is 7.88. The maximum atomic E-state index is 12.2. The van der Waals surface area contributed by atoms with Crippen LogP contribution in [0, 0.1) is 0 Å². The molecule has 0 aliphatic rings. The van der Waals surface area contributed by atoms with Crippen LogP contribution in [0.2, 0.25) is 10.0 Å². The van der Waals surface area contributed by atoms with Crippen molar-refractivity contribution >= 4 is 35.0 Å². The first-order chi connectivity index (χ1) is 12.5. The predicted octanol–water partition coefficient (Wildman–Crippen LogP) is 3.89. The molecule has 26 heavy (non-hydrogen) atoms. The van der Waals surface area contributed by atoms with Crippen LogP contribution in [-0.2, 0) is 6.42 Å². The van der Waals surface area contributed by atoms with Crippen molar-refractivity contribution in [3.8, 4) is 0 Å². The van der Waals surface area contributed by atoms with Gasteiger partial charge in [-0.3, -0.25) is 9.59 Å². The van der Waals surface area contributed by atoms with Crippen LogP contribution in [0.4, 0.5) is 0 Å². The van der Waals surface area contributed by atoms with Gasteiger partial charge >= 0.3 is 0 Å². The summed E-state index contributed by atoms with van der Waals surface area (Å²) in [5, 5.41) is 6.70. The van der Waals surface area contributed by atoms with E-state index in [9.17, 15) is 9.59 Å². The van der Waals surface area contributed by atoms with Crippen LogP contribution in [0.5, 0.6) is 0 Å². The molecular weight excluding hydrogens is 373 g/mol. The lowest BCUT2D eigenvalue weighted by Crippen LogP contribution is -2.29. The monoisotopic (exact) mass is 393 g/mol. The summed E-state index contributed by atoms with van der Waals surface area (Å²) in [6, 6.07) is 10.1. The van der Waals surface area contributed by atoms with Crippen LogP contribution in [0.1, 0.15) is 46.3 Å². The van der Waals surface area contributed by atoms with Gasteiger partial charge in [0.15, 0.2) is 0 Å². The average molecular weight is 394 g/mol. The van der Waals surface area contributed by atoms with Gasteiger partial charge in [0.25, 0.3) is 11.8 Å². The lowest BCUT2D eigenvalue weighted by molar-refractivity contribution is 0.0944. The van der Waals surface area contributed by atoms with Gasteiger partial charge in [-0.15, -0.1) is 0 Å². The number of aromatic nitrogens is 1. The van der Waals surface area contributed by atoms with E-state index in [0.29, 0.717) is 29.6 Å². The van der Waals surface area contributed by atoms with Crippen LogP contribution < -0.4 is 10.6 Å². The molecule has 5 nitrogen and oxygen atoms in total. The fourth-order valence-corrected chi connectivity index (χ4v) is 2.79. The number of amides is 2. The molecule has 0 atom stereocenters. The SMILES string of the molecule is CCCCNC(=O)c1cccc(C(=O)NCCc2ccc(Cl)cc2Cl)n1. The third-order valence-electron chi connectivity index (χ3n) is 3.73. The van der Waals surface area contributed by atoms with Crippen molar-refractivity contribution in [3.05, 3.63) is 63.4 Å². The Bertz CT molecular complexity index is 781. The minimum Gasteiger partial charge on any atom is -0.351 e. The number of hydrogen-bond donors (Lipinski definition) is 2. The molecule has 0 unspecified atom stereocenters. The number of unbranched alkanes of at least 4 members (excludes halogenated alkanes) is 1. The number of nitrogens with zero attached hydrogens (tertiary/aromatic N) is 1. The number of carbonyl (C=O) groups excluding carboxylic acids is 2. The fourth-order valence-electron chi connectivity index (χ4n) is 2.28. The zero-order chi connectivity index (χ0) is 18.9. The van der Waals surface area contributed by atoms with E-state index in [1.54, 1.807) is 30.3 Å². The van der Waals surface area contributed by atoms with E-state index in [4.69, 9.17) is 23.2 Å². The highest BCUT2D eigenvalue weighted by atomic mass is 35.5. The van der Waals surface area contributed by atoms with E-state index in [1.807, 2.05) is 13.0 Å². The van der Waals surface area contributed by atoms with Crippen LogP contribution in [0.3, 0.4) is 0 Å². The average Bonchev–Trinajstić information content (AvgIpc) is 2.63. The highest BCUT2D eigenvalue weighted by Gasteiger charge is 2.12.